The quantitative estimate of drug-likeness (QED) is 0.778. The van der Waals surface area contributed by atoms with E-state index in [-0.39, 0.29) is 6.42 Å². The Bertz CT molecular complexity index is 515. The molecule has 0 bridgehead atoms. The molecule has 0 amide bonds. The van der Waals surface area contributed by atoms with Crippen LogP contribution in [0.5, 0.6) is 0 Å². The van der Waals surface area contributed by atoms with Crippen molar-refractivity contribution in [3.63, 3.8) is 0 Å². The minimum atomic E-state index is 0.109. The number of hydrogen-bond acceptors (Lipinski definition) is 4. The summed E-state index contributed by atoms with van der Waals surface area (Å²) in [6.07, 6.45) is 0.109. The highest BCUT2D eigenvalue weighted by atomic mass is 35.5. The molecule has 0 atom stereocenters. The molecular weight excluding hydrogens is 214 g/mol. The number of rotatable bonds is 2. The van der Waals surface area contributed by atoms with Crippen molar-refractivity contribution in [2.45, 2.75) is 6.42 Å². The van der Waals surface area contributed by atoms with Crippen LogP contribution in [0.15, 0.2) is 28.8 Å². The van der Waals surface area contributed by atoms with E-state index in [0.717, 1.165) is 0 Å². The maximum atomic E-state index is 8.45. The topological polar surface area (TPSA) is 62.7 Å². The van der Waals surface area contributed by atoms with Crippen LogP contribution in [0.4, 0.5) is 0 Å². The van der Waals surface area contributed by atoms with Gasteiger partial charge in [-0.3, -0.25) is 0 Å². The second kappa shape index (κ2) is 4.11. The van der Waals surface area contributed by atoms with Crippen LogP contribution < -0.4 is 0 Å². The van der Waals surface area contributed by atoms with Gasteiger partial charge in [-0.2, -0.15) is 10.2 Å². The highest BCUT2D eigenvalue weighted by Gasteiger charge is 2.10. The van der Waals surface area contributed by atoms with Gasteiger partial charge in [0.2, 0.25) is 11.7 Å². The Labute approximate surface area is 91.1 Å². The van der Waals surface area contributed by atoms with Crippen molar-refractivity contribution in [1.29, 1.82) is 5.26 Å². The summed E-state index contributed by atoms with van der Waals surface area (Å²) in [5.41, 5.74) is 0.701. The molecule has 74 valence electrons. The maximum Gasteiger partial charge on any atom is 0.241 e. The average molecular weight is 220 g/mol. The maximum absolute atomic E-state index is 8.45. The Morgan fingerprint density at radius 2 is 2.20 bits per heavy atom. The summed E-state index contributed by atoms with van der Waals surface area (Å²) in [6, 6.07) is 9.13. The molecule has 0 spiro atoms. The van der Waals surface area contributed by atoms with Gasteiger partial charge >= 0.3 is 0 Å². The van der Waals surface area contributed by atoms with E-state index in [1.807, 2.05) is 18.2 Å². The number of benzene rings is 1. The molecule has 0 radical (unpaired) electrons. The Hall–Kier alpha value is -1.86. The summed E-state index contributed by atoms with van der Waals surface area (Å²) >= 11 is 5.96. The van der Waals surface area contributed by atoms with Crippen LogP contribution in [0.1, 0.15) is 5.89 Å². The lowest BCUT2D eigenvalue weighted by Gasteiger charge is -1.95. The van der Waals surface area contributed by atoms with Crippen molar-refractivity contribution in [3.8, 4) is 17.5 Å². The van der Waals surface area contributed by atoms with Crippen LogP contribution in [0.3, 0.4) is 0 Å². The van der Waals surface area contributed by atoms with Crippen molar-refractivity contribution in [2.75, 3.05) is 0 Å². The molecule has 0 N–H and O–H groups in total. The molecular formula is C10H6ClN3O. The Morgan fingerprint density at radius 3 is 2.93 bits per heavy atom. The molecule has 5 heteroatoms. The smallest absolute Gasteiger partial charge is 0.241 e. The molecule has 1 aromatic carbocycles. The first-order valence-electron chi connectivity index (χ1n) is 4.25. The van der Waals surface area contributed by atoms with Gasteiger partial charge in [-0.25, -0.2) is 0 Å². The molecule has 2 aromatic rings. The third kappa shape index (κ3) is 1.97. The summed E-state index contributed by atoms with van der Waals surface area (Å²) in [5.74, 6) is 0.707. The number of hydrogen-bond donors (Lipinski definition) is 0. The number of halogens is 1. The minimum Gasteiger partial charge on any atom is -0.338 e. The van der Waals surface area contributed by atoms with Gasteiger partial charge in [0.05, 0.1) is 11.1 Å². The summed E-state index contributed by atoms with van der Waals surface area (Å²) in [5, 5.41) is 12.8. The number of nitrogens with zero attached hydrogens (tertiary/aromatic N) is 3. The number of nitriles is 1. The average Bonchev–Trinajstić information content (AvgIpc) is 2.68. The minimum absolute atomic E-state index is 0.109. The summed E-state index contributed by atoms with van der Waals surface area (Å²) in [7, 11) is 0. The fraction of sp³-hybridized carbons (Fsp3) is 0.100. The van der Waals surface area contributed by atoms with E-state index in [0.29, 0.717) is 22.3 Å². The molecule has 0 unspecified atom stereocenters. The highest BCUT2D eigenvalue weighted by molar-refractivity contribution is 6.33. The van der Waals surface area contributed by atoms with Gasteiger partial charge in [0.1, 0.15) is 6.42 Å². The van der Waals surface area contributed by atoms with Gasteiger partial charge in [-0.1, -0.05) is 28.9 Å². The van der Waals surface area contributed by atoms with Crippen LogP contribution >= 0.6 is 11.6 Å². The van der Waals surface area contributed by atoms with Crippen molar-refractivity contribution in [2.24, 2.45) is 0 Å². The van der Waals surface area contributed by atoms with Gasteiger partial charge in [0.15, 0.2) is 0 Å². The second-order valence-electron chi connectivity index (χ2n) is 2.83. The lowest BCUT2D eigenvalue weighted by molar-refractivity contribution is 0.388. The zero-order valence-electron chi connectivity index (χ0n) is 7.64. The van der Waals surface area contributed by atoms with E-state index in [2.05, 4.69) is 10.1 Å². The van der Waals surface area contributed by atoms with E-state index in [4.69, 9.17) is 21.4 Å². The molecule has 0 aliphatic carbocycles. The summed E-state index contributed by atoms with van der Waals surface area (Å²) < 4.78 is 4.87. The van der Waals surface area contributed by atoms with Gasteiger partial charge in [0.25, 0.3) is 0 Å². The molecule has 0 saturated carbocycles. The van der Waals surface area contributed by atoms with E-state index >= 15 is 0 Å². The lowest BCUT2D eigenvalue weighted by atomic mass is 10.2. The molecule has 4 nitrogen and oxygen atoms in total. The van der Waals surface area contributed by atoms with Crippen molar-refractivity contribution in [1.82, 2.24) is 10.1 Å². The number of aromatic nitrogens is 2. The monoisotopic (exact) mass is 219 g/mol. The normalized spacial score (nSPS) is 9.87. The van der Waals surface area contributed by atoms with Gasteiger partial charge in [-0.05, 0) is 12.1 Å². The molecule has 1 aromatic heterocycles. The molecule has 2 rings (SSSR count). The molecule has 15 heavy (non-hydrogen) atoms. The standard InChI is InChI=1S/C10H6ClN3O/c11-8-4-2-1-3-7(8)10-13-9(5-6-12)15-14-10/h1-4H,5H2. The zero-order chi connectivity index (χ0) is 10.7. The fourth-order valence-electron chi connectivity index (χ4n) is 1.15. The van der Waals surface area contributed by atoms with Gasteiger partial charge in [0, 0.05) is 5.56 Å². The van der Waals surface area contributed by atoms with Crippen molar-refractivity contribution >= 4 is 11.6 Å². The Balaban J connectivity index is 2.38. The zero-order valence-corrected chi connectivity index (χ0v) is 8.40. The Kier molecular flexibility index (Phi) is 2.66. The first-order chi connectivity index (χ1) is 7.31. The van der Waals surface area contributed by atoms with Crippen LogP contribution in [0, 0.1) is 11.3 Å². The van der Waals surface area contributed by atoms with E-state index in [1.54, 1.807) is 12.1 Å². The molecule has 0 saturated heterocycles. The van der Waals surface area contributed by atoms with Crippen molar-refractivity contribution < 1.29 is 4.52 Å². The van der Waals surface area contributed by atoms with E-state index in [9.17, 15) is 0 Å². The highest BCUT2D eigenvalue weighted by Crippen LogP contribution is 2.24. The largest absolute Gasteiger partial charge is 0.338 e. The van der Waals surface area contributed by atoms with Crippen LogP contribution in [-0.2, 0) is 6.42 Å². The van der Waals surface area contributed by atoms with E-state index in [1.165, 1.54) is 0 Å². The first kappa shape index (κ1) is 9.69. The predicted octanol–water partition coefficient (Wildman–Crippen LogP) is 2.46. The second-order valence-corrected chi connectivity index (χ2v) is 3.23. The van der Waals surface area contributed by atoms with Crippen LogP contribution in [0.2, 0.25) is 5.02 Å². The van der Waals surface area contributed by atoms with Crippen LogP contribution in [-0.4, -0.2) is 10.1 Å². The summed E-state index contributed by atoms with van der Waals surface area (Å²) in [6.45, 7) is 0. The van der Waals surface area contributed by atoms with Gasteiger partial charge in [-0.15, -0.1) is 0 Å². The molecule has 1 heterocycles. The van der Waals surface area contributed by atoms with Gasteiger partial charge < -0.3 is 4.52 Å². The van der Waals surface area contributed by atoms with Crippen molar-refractivity contribution in [3.05, 3.63) is 35.2 Å². The fourth-order valence-corrected chi connectivity index (χ4v) is 1.37. The predicted molar refractivity (Wildman–Crippen MR) is 54.1 cm³/mol. The lowest BCUT2D eigenvalue weighted by Crippen LogP contribution is -1.83. The first-order valence-corrected chi connectivity index (χ1v) is 4.63. The third-order valence-electron chi connectivity index (χ3n) is 1.81. The SMILES string of the molecule is N#CCc1nc(-c2ccccc2Cl)no1. The van der Waals surface area contributed by atoms with Crippen LogP contribution in [0.25, 0.3) is 11.4 Å². The molecule has 0 fully saturated rings. The van der Waals surface area contributed by atoms with E-state index < -0.39 is 0 Å². The molecule has 0 aliphatic heterocycles. The molecule has 0 aliphatic rings. The third-order valence-corrected chi connectivity index (χ3v) is 2.14. The summed E-state index contributed by atoms with van der Waals surface area (Å²) in [4.78, 5) is 4.05. The Morgan fingerprint density at radius 1 is 1.40 bits per heavy atom.